The van der Waals surface area contributed by atoms with Crippen LogP contribution >= 0.6 is 15.9 Å². The Hall–Kier alpha value is -0.880. The minimum Gasteiger partial charge on any atom is -0.381 e. The van der Waals surface area contributed by atoms with Crippen molar-refractivity contribution in [3.05, 3.63) is 21.0 Å². The predicted octanol–water partition coefficient (Wildman–Crippen LogP) is 0.785. The summed E-state index contributed by atoms with van der Waals surface area (Å²) in [5, 5.41) is 7.06. The molecule has 1 heterocycles. The van der Waals surface area contributed by atoms with E-state index in [1.54, 1.807) is 6.20 Å². The number of nitrogens with one attached hydrogen (secondary N) is 1. The van der Waals surface area contributed by atoms with Crippen LogP contribution in [0.4, 0.5) is 5.69 Å². The lowest BCUT2D eigenvalue weighted by Gasteiger charge is -2.11. The van der Waals surface area contributed by atoms with Gasteiger partial charge in [0.25, 0.3) is 5.56 Å². The monoisotopic (exact) mass is 274 g/mol. The summed E-state index contributed by atoms with van der Waals surface area (Å²) < 4.78 is 1.89. The van der Waals surface area contributed by atoms with Gasteiger partial charge in [-0.15, -0.1) is 0 Å². The Labute approximate surface area is 96.8 Å². The number of halogens is 1. The molecule has 1 aromatic heterocycles. The van der Waals surface area contributed by atoms with Crippen LogP contribution < -0.4 is 16.6 Å². The number of nitrogens with two attached hydrogens (primary N) is 1. The van der Waals surface area contributed by atoms with Crippen molar-refractivity contribution in [1.82, 2.24) is 9.78 Å². The average Bonchev–Trinajstić information content (AvgIpc) is 2.20. The van der Waals surface area contributed by atoms with Gasteiger partial charge in [-0.25, -0.2) is 4.68 Å². The van der Waals surface area contributed by atoms with E-state index in [4.69, 9.17) is 5.73 Å². The molecular weight excluding hydrogens is 260 g/mol. The number of hydrogen-bond donors (Lipinski definition) is 2. The van der Waals surface area contributed by atoms with Gasteiger partial charge in [0.15, 0.2) is 0 Å². The Bertz CT molecular complexity index is 388. The summed E-state index contributed by atoms with van der Waals surface area (Å²) in [6.45, 7) is 4.93. The summed E-state index contributed by atoms with van der Waals surface area (Å²) in [6.07, 6.45) is 1.62. The van der Waals surface area contributed by atoms with Crippen LogP contribution in [0.1, 0.15) is 13.8 Å². The SMILES string of the molecule is CCn1ncc(NCC(C)N)c(Br)c1=O. The fourth-order valence-electron chi connectivity index (χ4n) is 1.08. The lowest BCUT2D eigenvalue weighted by Crippen LogP contribution is -2.28. The third-order valence-corrected chi connectivity index (χ3v) is 2.67. The number of aromatic nitrogens is 2. The van der Waals surface area contributed by atoms with E-state index in [-0.39, 0.29) is 11.6 Å². The van der Waals surface area contributed by atoms with Crippen molar-refractivity contribution in [2.75, 3.05) is 11.9 Å². The summed E-state index contributed by atoms with van der Waals surface area (Å²) in [6, 6.07) is 0.0329. The van der Waals surface area contributed by atoms with Crippen molar-refractivity contribution >= 4 is 21.6 Å². The van der Waals surface area contributed by atoms with E-state index in [9.17, 15) is 4.79 Å². The molecule has 0 aliphatic carbocycles. The van der Waals surface area contributed by atoms with E-state index >= 15 is 0 Å². The normalized spacial score (nSPS) is 12.5. The first-order valence-electron chi connectivity index (χ1n) is 4.81. The maximum Gasteiger partial charge on any atom is 0.283 e. The van der Waals surface area contributed by atoms with Crippen molar-refractivity contribution in [3.63, 3.8) is 0 Å². The molecule has 1 aromatic rings. The van der Waals surface area contributed by atoms with Crippen molar-refractivity contribution in [2.45, 2.75) is 26.4 Å². The molecule has 0 aliphatic heterocycles. The Morgan fingerprint density at radius 1 is 1.73 bits per heavy atom. The Kier molecular flexibility index (Phi) is 4.28. The van der Waals surface area contributed by atoms with Crippen LogP contribution in [0.5, 0.6) is 0 Å². The van der Waals surface area contributed by atoms with Gasteiger partial charge in [-0.3, -0.25) is 4.79 Å². The lowest BCUT2D eigenvalue weighted by atomic mass is 10.3. The van der Waals surface area contributed by atoms with Crippen molar-refractivity contribution in [2.24, 2.45) is 5.73 Å². The molecule has 0 saturated carbocycles. The molecule has 84 valence electrons. The predicted molar refractivity (Wildman–Crippen MR) is 64.0 cm³/mol. The molecule has 15 heavy (non-hydrogen) atoms. The number of nitrogens with zero attached hydrogens (tertiary/aromatic N) is 2. The van der Waals surface area contributed by atoms with Crippen LogP contribution in [0.3, 0.4) is 0 Å². The van der Waals surface area contributed by atoms with Gasteiger partial charge < -0.3 is 11.1 Å². The van der Waals surface area contributed by atoms with Gasteiger partial charge >= 0.3 is 0 Å². The molecule has 0 amide bonds. The first-order chi connectivity index (χ1) is 7.06. The first kappa shape index (κ1) is 12.2. The maximum atomic E-state index is 11.6. The molecule has 6 heteroatoms. The summed E-state index contributed by atoms with van der Waals surface area (Å²) in [4.78, 5) is 11.6. The summed E-state index contributed by atoms with van der Waals surface area (Å²) >= 11 is 3.25. The van der Waals surface area contributed by atoms with Gasteiger partial charge in [0.2, 0.25) is 0 Å². The average molecular weight is 275 g/mol. The number of anilines is 1. The van der Waals surface area contributed by atoms with E-state index in [2.05, 4.69) is 26.3 Å². The highest BCUT2D eigenvalue weighted by molar-refractivity contribution is 9.10. The molecular formula is C9H15BrN4O. The molecule has 0 saturated heterocycles. The van der Waals surface area contributed by atoms with E-state index in [1.807, 2.05) is 13.8 Å². The molecule has 0 spiro atoms. The van der Waals surface area contributed by atoms with Crippen LogP contribution in [0, 0.1) is 0 Å². The van der Waals surface area contributed by atoms with Crippen molar-refractivity contribution < 1.29 is 0 Å². The van der Waals surface area contributed by atoms with Crippen molar-refractivity contribution in [1.29, 1.82) is 0 Å². The molecule has 5 nitrogen and oxygen atoms in total. The van der Waals surface area contributed by atoms with Gasteiger partial charge in [0.05, 0.1) is 11.9 Å². The second-order valence-corrected chi connectivity index (χ2v) is 4.14. The van der Waals surface area contributed by atoms with Gasteiger partial charge in [-0.05, 0) is 29.8 Å². The highest BCUT2D eigenvalue weighted by atomic mass is 79.9. The van der Waals surface area contributed by atoms with E-state index in [0.717, 1.165) is 0 Å². The largest absolute Gasteiger partial charge is 0.381 e. The molecule has 0 fully saturated rings. The zero-order valence-corrected chi connectivity index (χ0v) is 10.4. The highest BCUT2D eigenvalue weighted by Crippen LogP contribution is 2.15. The molecule has 3 N–H and O–H groups in total. The van der Waals surface area contributed by atoms with Crippen LogP contribution in [0.15, 0.2) is 15.5 Å². The van der Waals surface area contributed by atoms with Gasteiger partial charge in [-0.2, -0.15) is 5.10 Å². The molecule has 1 atom stereocenters. The maximum absolute atomic E-state index is 11.6. The highest BCUT2D eigenvalue weighted by Gasteiger charge is 2.07. The minimum absolute atomic E-state index is 0.0329. The molecule has 0 bridgehead atoms. The second-order valence-electron chi connectivity index (χ2n) is 3.35. The molecule has 0 aliphatic rings. The zero-order valence-electron chi connectivity index (χ0n) is 8.83. The van der Waals surface area contributed by atoms with E-state index in [0.29, 0.717) is 23.2 Å². The topological polar surface area (TPSA) is 72.9 Å². The van der Waals surface area contributed by atoms with Gasteiger partial charge in [0.1, 0.15) is 4.47 Å². The quantitative estimate of drug-likeness (QED) is 0.852. The summed E-state index contributed by atoms with van der Waals surface area (Å²) in [5.74, 6) is 0. The first-order valence-corrected chi connectivity index (χ1v) is 5.60. The fourth-order valence-corrected chi connectivity index (χ4v) is 1.53. The van der Waals surface area contributed by atoms with Crippen molar-refractivity contribution in [3.8, 4) is 0 Å². The lowest BCUT2D eigenvalue weighted by molar-refractivity contribution is 0.612. The molecule has 1 unspecified atom stereocenters. The minimum atomic E-state index is -0.132. The smallest absolute Gasteiger partial charge is 0.283 e. The van der Waals surface area contributed by atoms with E-state index < -0.39 is 0 Å². The third-order valence-electron chi connectivity index (χ3n) is 1.90. The van der Waals surface area contributed by atoms with Crippen LogP contribution in [0.2, 0.25) is 0 Å². The summed E-state index contributed by atoms with van der Waals surface area (Å²) in [7, 11) is 0. The third kappa shape index (κ3) is 3.04. The molecule has 0 aromatic carbocycles. The van der Waals surface area contributed by atoms with Crippen LogP contribution in [-0.2, 0) is 6.54 Å². The Morgan fingerprint density at radius 3 is 2.93 bits per heavy atom. The Morgan fingerprint density at radius 2 is 2.40 bits per heavy atom. The fraction of sp³-hybridized carbons (Fsp3) is 0.556. The standard InChI is InChI=1S/C9H15BrN4O/c1-3-14-9(15)8(10)7(5-13-14)12-4-6(2)11/h5-6,12H,3-4,11H2,1-2H3. The molecule has 0 radical (unpaired) electrons. The summed E-state index contributed by atoms with van der Waals surface area (Å²) in [5.41, 5.74) is 6.15. The van der Waals surface area contributed by atoms with Crippen LogP contribution in [-0.4, -0.2) is 22.4 Å². The van der Waals surface area contributed by atoms with Gasteiger partial charge in [0, 0.05) is 19.1 Å². The van der Waals surface area contributed by atoms with Gasteiger partial charge in [-0.1, -0.05) is 0 Å². The second kappa shape index (κ2) is 5.27. The number of hydrogen-bond acceptors (Lipinski definition) is 4. The molecule has 1 rings (SSSR count). The number of rotatable bonds is 4. The zero-order chi connectivity index (χ0) is 11.4. The number of aryl methyl sites for hydroxylation is 1. The van der Waals surface area contributed by atoms with E-state index in [1.165, 1.54) is 4.68 Å². The van der Waals surface area contributed by atoms with Crippen LogP contribution in [0.25, 0.3) is 0 Å². The Balaban J connectivity index is 2.92.